The number of rotatable bonds is 2. The van der Waals surface area contributed by atoms with E-state index in [1.54, 1.807) is 0 Å². The van der Waals surface area contributed by atoms with Crippen LogP contribution in [0.5, 0.6) is 0 Å². The van der Waals surface area contributed by atoms with Gasteiger partial charge in [0.25, 0.3) is 0 Å². The number of benzene rings is 1. The summed E-state index contributed by atoms with van der Waals surface area (Å²) in [6.45, 7) is 0.849. The van der Waals surface area contributed by atoms with Gasteiger partial charge >= 0.3 is 6.09 Å². The Morgan fingerprint density at radius 3 is 2.32 bits per heavy atom. The first-order valence-electron chi connectivity index (χ1n) is 6.10. The number of nitrogens with one attached hydrogen (secondary N) is 1. The number of hydrogen-bond acceptors (Lipinski definition) is 2. The lowest BCUT2D eigenvalue weighted by atomic mass is 9.96. The topological polar surface area (TPSA) is 69.6 Å². The Balaban J connectivity index is 1.88. The van der Waals surface area contributed by atoms with E-state index in [9.17, 15) is 9.59 Å². The zero-order chi connectivity index (χ0) is 13.8. The molecule has 6 heteroatoms. The molecule has 0 aromatic heterocycles. The van der Waals surface area contributed by atoms with Gasteiger partial charge in [0.15, 0.2) is 0 Å². The second-order valence-corrected chi connectivity index (χ2v) is 5.46. The Labute approximate surface area is 119 Å². The molecule has 0 atom stereocenters. The van der Waals surface area contributed by atoms with Crippen LogP contribution in [0.1, 0.15) is 12.8 Å². The fraction of sp³-hybridized carbons (Fsp3) is 0.385. The van der Waals surface area contributed by atoms with Crippen LogP contribution >= 0.6 is 15.9 Å². The number of carbonyl (C=O) groups excluding carboxylic acids is 1. The van der Waals surface area contributed by atoms with Gasteiger partial charge in [0.1, 0.15) is 0 Å². The maximum atomic E-state index is 12.0. The van der Waals surface area contributed by atoms with E-state index in [1.165, 1.54) is 4.90 Å². The fourth-order valence-electron chi connectivity index (χ4n) is 2.11. The summed E-state index contributed by atoms with van der Waals surface area (Å²) in [5, 5.41) is 11.7. The molecule has 0 spiro atoms. The van der Waals surface area contributed by atoms with Crippen molar-refractivity contribution in [3.05, 3.63) is 28.7 Å². The second kappa shape index (κ2) is 6.06. The lowest BCUT2D eigenvalue weighted by molar-refractivity contribution is -0.121. The van der Waals surface area contributed by atoms with Crippen LogP contribution in [0.15, 0.2) is 28.7 Å². The largest absolute Gasteiger partial charge is 0.465 e. The molecule has 1 aliphatic rings. The van der Waals surface area contributed by atoms with Gasteiger partial charge in [-0.3, -0.25) is 4.79 Å². The molecule has 1 aromatic rings. The van der Waals surface area contributed by atoms with Gasteiger partial charge in [-0.2, -0.15) is 0 Å². The Morgan fingerprint density at radius 2 is 1.79 bits per heavy atom. The molecule has 19 heavy (non-hydrogen) atoms. The highest BCUT2D eigenvalue weighted by molar-refractivity contribution is 9.10. The van der Waals surface area contributed by atoms with Crippen molar-refractivity contribution in [3.8, 4) is 0 Å². The summed E-state index contributed by atoms with van der Waals surface area (Å²) in [7, 11) is 0. The van der Waals surface area contributed by atoms with Crippen LogP contribution in [0.2, 0.25) is 0 Å². The molecule has 1 fully saturated rings. The standard InChI is InChI=1S/C13H15BrN2O3/c14-10-1-3-11(4-2-10)15-12(17)9-5-7-16(8-6-9)13(18)19/h1-4,9H,5-8H2,(H,15,17)(H,18,19). The van der Waals surface area contributed by atoms with Crippen molar-refractivity contribution in [1.82, 2.24) is 4.90 Å². The van der Waals surface area contributed by atoms with Crippen molar-refractivity contribution in [2.75, 3.05) is 18.4 Å². The average molecular weight is 327 g/mol. The number of carboxylic acid groups (broad SMARTS) is 1. The Kier molecular flexibility index (Phi) is 4.42. The van der Waals surface area contributed by atoms with E-state index in [-0.39, 0.29) is 11.8 Å². The van der Waals surface area contributed by atoms with Crippen molar-refractivity contribution in [2.45, 2.75) is 12.8 Å². The predicted octanol–water partition coefficient (Wildman–Crippen LogP) is 2.78. The minimum Gasteiger partial charge on any atom is -0.465 e. The Morgan fingerprint density at radius 1 is 1.21 bits per heavy atom. The minimum atomic E-state index is -0.910. The maximum Gasteiger partial charge on any atom is 0.407 e. The molecule has 1 aromatic carbocycles. The normalized spacial score (nSPS) is 16.2. The highest BCUT2D eigenvalue weighted by atomic mass is 79.9. The van der Waals surface area contributed by atoms with Crippen LogP contribution < -0.4 is 5.32 Å². The van der Waals surface area contributed by atoms with E-state index >= 15 is 0 Å². The number of piperidine rings is 1. The molecule has 0 radical (unpaired) electrons. The number of anilines is 1. The van der Waals surface area contributed by atoms with E-state index in [0.29, 0.717) is 25.9 Å². The quantitative estimate of drug-likeness (QED) is 0.877. The molecule has 2 rings (SSSR count). The van der Waals surface area contributed by atoms with E-state index in [1.807, 2.05) is 24.3 Å². The van der Waals surface area contributed by atoms with Gasteiger partial charge in [-0.15, -0.1) is 0 Å². The SMILES string of the molecule is O=C(Nc1ccc(Br)cc1)C1CCN(C(=O)O)CC1. The monoisotopic (exact) mass is 326 g/mol. The van der Waals surface area contributed by atoms with Crippen molar-refractivity contribution >= 4 is 33.6 Å². The van der Waals surface area contributed by atoms with Crippen molar-refractivity contribution in [3.63, 3.8) is 0 Å². The van der Waals surface area contributed by atoms with E-state index in [0.717, 1.165) is 10.2 Å². The molecule has 102 valence electrons. The molecule has 2 N–H and O–H groups in total. The average Bonchev–Trinajstić information content (AvgIpc) is 2.41. The van der Waals surface area contributed by atoms with Crippen LogP contribution in [0.25, 0.3) is 0 Å². The van der Waals surface area contributed by atoms with Crippen LogP contribution in [-0.2, 0) is 4.79 Å². The number of likely N-dealkylation sites (tertiary alicyclic amines) is 1. The lowest BCUT2D eigenvalue weighted by Gasteiger charge is -2.29. The summed E-state index contributed by atoms with van der Waals surface area (Å²) in [6, 6.07) is 7.38. The zero-order valence-corrected chi connectivity index (χ0v) is 11.9. The molecule has 2 amide bonds. The molecular formula is C13H15BrN2O3. The third kappa shape index (κ3) is 3.70. The first kappa shape index (κ1) is 13.9. The first-order valence-corrected chi connectivity index (χ1v) is 6.90. The van der Waals surface area contributed by atoms with Crippen LogP contribution in [-0.4, -0.2) is 35.1 Å². The van der Waals surface area contributed by atoms with Gasteiger partial charge in [-0.05, 0) is 37.1 Å². The molecule has 0 unspecified atom stereocenters. The van der Waals surface area contributed by atoms with Crippen LogP contribution in [0.3, 0.4) is 0 Å². The number of hydrogen-bond donors (Lipinski definition) is 2. The molecule has 0 saturated carbocycles. The van der Waals surface area contributed by atoms with Crippen molar-refractivity contribution in [1.29, 1.82) is 0 Å². The van der Waals surface area contributed by atoms with Gasteiger partial charge in [0.05, 0.1) is 0 Å². The summed E-state index contributed by atoms with van der Waals surface area (Å²) < 4.78 is 0.959. The summed E-state index contributed by atoms with van der Waals surface area (Å²) in [6.07, 6.45) is 0.246. The van der Waals surface area contributed by atoms with Gasteiger partial charge < -0.3 is 15.3 Å². The molecule has 1 saturated heterocycles. The van der Waals surface area contributed by atoms with Crippen LogP contribution in [0.4, 0.5) is 10.5 Å². The molecule has 1 aliphatic heterocycles. The summed E-state index contributed by atoms with van der Waals surface area (Å²) in [4.78, 5) is 24.2. The Bertz CT molecular complexity index is 467. The van der Waals surface area contributed by atoms with Gasteiger partial charge in [0, 0.05) is 29.2 Å². The van der Waals surface area contributed by atoms with E-state index in [2.05, 4.69) is 21.2 Å². The number of amides is 2. The third-order valence-corrected chi connectivity index (χ3v) is 3.78. The van der Waals surface area contributed by atoms with Gasteiger partial charge in [-0.25, -0.2) is 4.79 Å². The second-order valence-electron chi connectivity index (χ2n) is 4.54. The molecular weight excluding hydrogens is 312 g/mol. The molecule has 5 nitrogen and oxygen atoms in total. The zero-order valence-electron chi connectivity index (χ0n) is 10.3. The van der Waals surface area contributed by atoms with E-state index < -0.39 is 6.09 Å². The van der Waals surface area contributed by atoms with Gasteiger partial charge in [-0.1, -0.05) is 15.9 Å². The molecule has 1 heterocycles. The number of nitrogens with zero attached hydrogens (tertiary/aromatic N) is 1. The lowest BCUT2D eigenvalue weighted by Crippen LogP contribution is -2.40. The van der Waals surface area contributed by atoms with Gasteiger partial charge in [0.2, 0.25) is 5.91 Å². The van der Waals surface area contributed by atoms with Crippen LogP contribution in [0, 0.1) is 5.92 Å². The highest BCUT2D eigenvalue weighted by Gasteiger charge is 2.26. The highest BCUT2D eigenvalue weighted by Crippen LogP contribution is 2.20. The molecule has 0 aliphatic carbocycles. The number of halogens is 1. The third-order valence-electron chi connectivity index (χ3n) is 3.25. The van der Waals surface area contributed by atoms with Crippen molar-refractivity contribution < 1.29 is 14.7 Å². The fourth-order valence-corrected chi connectivity index (χ4v) is 2.37. The predicted molar refractivity (Wildman–Crippen MR) is 75.1 cm³/mol. The van der Waals surface area contributed by atoms with Crippen molar-refractivity contribution in [2.24, 2.45) is 5.92 Å². The first-order chi connectivity index (χ1) is 9.06. The number of carbonyl (C=O) groups is 2. The van der Waals surface area contributed by atoms with E-state index in [4.69, 9.17) is 5.11 Å². The molecule has 0 bridgehead atoms. The summed E-state index contributed by atoms with van der Waals surface area (Å²) in [5.41, 5.74) is 0.758. The smallest absolute Gasteiger partial charge is 0.407 e. The Hall–Kier alpha value is -1.56. The minimum absolute atomic E-state index is 0.0349. The summed E-state index contributed by atoms with van der Waals surface area (Å²) in [5.74, 6) is -0.147. The maximum absolute atomic E-state index is 12.0. The summed E-state index contributed by atoms with van der Waals surface area (Å²) >= 11 is 3.33.